The van der Waals surface area contributed by atoms with Gasteiger partial charge in [-0.1, -0.05) is 22.4 Å². The maximum atomic E-state index is 11.6. The molecule has 1 aliphatic carbocycles. The number of alkyl halides is 1. The quantitative estimate of drug-likeness (QED) is 0.778. The van der Waals surface area contributed by atoms with Gasteiger partial charge >= 0.3 is 0 Å². The number of hydrogen-bond acceptors (Lipinski definition) is 1. The lowest BCUT2D eigenvalue weighted by molar-refractivity contribution is 0.138. The average molecular weight is 335 g/mol. The highest BCUT2D eigenvalue weighted by Crippen LogP contribution is 2.43. The van der Waals surface area contributed by atoms with Crippen LogP contribution in [0.4, 0.5) is 0 Å². The predicted molar refractivity (Wildman–Crippen MR) is 68.5 cm³/mol. The Balaban J connectivity index is 2.23. The first kappa shape index (κ1) is 11.4. The predicted octanol–water partition coefficient (Wildman–Crippen LogP) is 3.18. The summed E-state index contributed by atoms with van der Waals surface area (Å²) >= 11 is 6.95. The molecule has 2 nitrogen and oxygen atoms in total. The molecule has 0 atom stereocenters. The van der Waals surface area contributed by atoms with E-state index in [2.05, 4.69) is 31.9 Å². The van der Waals surface area contributed by atoms with Crippen LogP contribution in [0.5, 0.6) is 0 Å². The lowest BCUT2D eigenvalue weighted by Gasteiger charge is -2.40. The summed E-state index contributed by atoms with van der Waals surface area (Å²) in [4.78, 5) is 11.6. The van der Waals surface area contributed by atoms with E-state index in [1.54, 1.807) is 12.1 Å². The smallest absolute Gasteiger partial charge is 0.250 e. The van der Waals surface area contributed by atoms with Crippen molar-refractivity contribution < 1.29 is 0 Å². The van der Waals surface area contributed by atoms with E-state index in [1.807, 2.05) is 10.8 Å². The monoisotopic (exact) mass is 333 g/mol. The molecule has 82 valence electrons. The highest BCUT2D eigenvalue weighted by molar-refractivity contribution is 9.10. The lowest BCUT2D eigenvalue weighted by Crippen LogP contribution is -2.38. The van der Waals surface area contributed by atoms with Gasteiger partial charge < -0.3 is 4.57 Å². The third kappa shape index (κ3) is 2.36. The normalized spacial score (nSPS) is 18.5. The zero-order valence-corrected chi connectivity index (χ0v) is 11.6. The number of halogens is 2. The Morgan fingerprint density at radius 3 is 2.67 bits per heavy atom. The van der Waals surface area contributed by atoms with Crippen LogP contribution in [0.15, 0.2) is 27.6 Å². The van der Waals surface area contributed by atoms with Crippen LogP contribution >= 0.6 is 31.9 Å². The fraction of sp³-hybridized carbons (Fsp3) is 0.545. The van der Waals surface area contributed by atoms with E-state index in [1.165, 1.54) is 19.3 Å². The van der Waals surface area contributed by atoms with Gasteiger partial charge in [0.2, 0.25) is 0 Å². The molecule has 0 bridgehead atoms. The van der Waals surface area contributed by atoms with E-state index in [0.29, 0.717) is 5.41 Å². The zero-order chi connectivity index (χ0) is 10.9. The maximum Gasteiger partial charge on any atom is 0.250 e. The Morgan fingerprint density at radius 1 is 1.40 bits per heavy atom. The Bertz CT molecular complexity index is 404. The highest BCUT2D eigenvalue weighted by atomic mass is 79.9. The number of nitrogens with zero attached hydrogens (tertiary/aromatic N) is 1. The van der Waals surface area contributed by atoms with Crippen LogP contribution in [-0.2, 0) is 6.54 Å². The molecular formula is C11H13Br2NO. The van der Waals surface area contributed by atoms with Crippen LogP contribution < -0.4 is 5.56 Å². The summed E-state index contributed by atoms with van der Waals surface area (Å²) in [5.74, 6) is 0. The molecule has 0 radical (unpaired) electrons. The summed E-state index contributed by atoms with van der Waals surface area (Å²) in [6.45, 7) is 0.830. The van der Waals surface area contributed by atoms with Gasteiger partial charge in [-0.25, -0.2) is 0 Å². The van der Waals surface area contributed by atoms with E-state index in [4.69, 9.17) is 0 Å². The lowest BCUT2D eigenvalue weighted by atomic mass is 9.70. The van der Waals surface area contributed by atoms with Gasteiger partial charge in [0, 0.05) is 28.6 Å². The second-order valence-electron chi connectivity index (χ2n) is 4.30. The average Bonchev–Trinajstić information content (AvgIpc) is 2.17. The summed E-state index contributed by atoms with van der Waals surface area (Å²) < 4.78 is 2.77. The molecule has 15 heavy (non-hydrogen) atoms. The van der Waals surface area contributed by atoms with Crippen molar-refractivity contribution in [2.24, 2.45) is 5.41 Å². The summed E-state index contributed by atoms with van der Waals surface area (Å²) in [5, 5.41) is 0.985. The molecule has 1 aliphatic rings. The molecule has 1 saturated carbocycles. The van der Waals surface area contributed by atoms with E-state index in [-0.39, 0.29) is 5.56 Å². The van der Waals surface area contributed by atoms with Gasteiger partial charge in [0.05, 0.1) is 0 Å². The van der Waals surface area contributed by atoms with Crippen molar-refractivity contribution in [2.45, 2.75) is 25.8 Å². The fourth-order valence-electron chi connectivity index (χ4n) is 2.00. The zero-order valence-electron chi connectivity index (χ0n) is 8.38. The van der Waals surface area contributed by atoms with Crippen LogP contribution in [0.1, 0.15) is 19.3 Å². The summed E-state index contributed by atoms with van der Waals surface area (Å²) in [6, 6.07) is 3.41. The number of pyridine rings is 1. The van der Waals surface area contributed by atoms with E-state index in [9.17, 15) is 4.79 Å². The first-order valence-corrected chi connectivity index (χ1v) is 6.99. The van der Waals surface area contributed by atoms with Crippen LogP contribution in [0.2, 0.25) is 0 Å². The van der Waals surface area contributed by atoms with Crippen LogP contribution in [0, 0.1) is 5.41 Å². The third-order valence-corrected chi connectivity index (χ3v) is 4.81. The molecule has 1 aromatic heterocycles. The van der Waals surface area contributed by atoms with Gasteiger partial charge in [-0.15, -0.1) is 0 Å². The summed E-state index contributed by atoms with van der Waals surface area (Å²) in [7, 11) is 0. The first-order chi connectivity index (χ1) is 7.15. The second-order valence-corrected chi connectivity index (χ2v) is 5.78. The molecule has 1 fully saturated rings. The Kier molecular flexibility index (Phi) is 3.36. The fourth-order valence-corrected chi connectivity index (χ4v) is 3.12. The molecule has 1 heterocycles. The van der Waals surface area contributed by atoms with E-state index in [0.717, 1.165) is 16.3 Å². The second kappa shape index (κ2) is 4.42. The SMILES string of the molecule is O=c1ccc(Br)cn1CC1(CBr)CCC1. The van der Waals surface area contributed by atoms with Crippen LogP contribution in [-0.4, -0.2) is 9.90 Å². The van der Waals surface area contributed by atoms with Gasteiger partial charge in [-0.2, -0.15) is 0 Å². The Labute approximate surface area is 106 Å². The first-order valence-electron chi connectivity index (χ1n) is 5.07. The van der Waals surface area contributed by atoms with Crippen LogP contribution in [0.25, 0.3) is 0 Å². The van der Waals surface area contributed by atoms with E-state index >= 15 is 0 Å². The van der Waals surface area contributed by atoms with E-state index < -0.39 is 0 Å². The molecule has 0 N–H and O–H groups in total. The molecule has 1 aromatic rings. The Hall–Kier alpha value is -0.0900. The van der Waals surface area contributed by atoms with Crippen molar-refractivity contribution in [3.05, 3.63) is 33.2 Å². The standard InChI is InChI=1S/C11H13Br2NO/c12-7-11(4-1-5-11)8-14-6-9(13)2-3-10(14)15/h2-3,6H,1,4-5,7-8H2. The number of hydrogen-bond donors (Lipinski definition) is 0. The van der Waals surface area contributed by atoms with Crippen molar-refractivity contribution in [1.29, 1.82) is 0 Å². The molecule has 0 aromatic carbocycles. The summed E-state index contributed by atoms with van der Waals surface area (Å²) in [5.41, 5.74) is 0.398. The largest absolute Gasteiger partial charge is 0.314 e. The van der Waals surface area contributed by atoms with Gasteiger partial charge in [0.25, 0.3) is 5.56 Å². The van der Waals surface area contributed by atoms with Crippen LogP contribution in [0.3, 0.4) is 0 Å². The highest BCUT2D eigenvalue weighted by Gasteiger charge is 2.36. The minimum absolute atomic E-state index is 0.0884. The molecule has 4 heteroatoms. The van der Waals surface area contributed by atoms with Crippen molar-refractivity contribution in [3.8, 4) is 0 Å². The van der Waals surface area contributed by atoms with Crippen molar-refractivity contribution in [2.75, 3.05) is 5.33 Å². The maximum absolute atomic E-state index is 11.6. The number of rotatable bonds is 3. The third-order valence-electron chi connectivity index (χ3n) is 3.15. The Morgan fingerprint density at radius 2 is 2.13 bits per heavy atom. The van der Waals surface area contributed by atoms with Crippen molar-refractivity contribution in [1.82, 2.24) is 4.57 Å². The van der Waals surface area contributed by atoms with Crippen molar-refractivity contribution in [3.63, 3.8) is 0 Å². The van der Waals surface area contributed by atoms with Gasteiger partial charge in [0.1, 0.15) is 0 Å². The van der Waals surface area contributed by atoms with Gasteiger partial charge in [-0.05, 0) is 40.3 Å². The molecule has 0 amide bonds. The van der Waals surface area contributed by atoms with Gasteiger partial charge in [0.15, 0.2) is 0 Å². The topological polar surface area (TPSA) is 22.0 Å². The molecule has 0 unspecified atom stereocenters. The molecule has 0 spiro atoms. The summed E-state index contributed by atoms with van der Waals surface area (Å²) in [6.07, 6.45) is 5.60. The molecule has 0 saturated heterocycles. The minimum Gasteiger partial charge on any atom is -0.314 e. The van der Waals surface area contributed by atoms with Crippen molar-refractivity contribution >= 4 is 31.9 Å². The molecule has 0 aliphatic heterocycles. The number of aromatic nitrogens is 1. The molecular weight excluding hydrogens is 322 g/mol. The molecule has 2 rings (SSSR count). The van der Waals surface area contributed by atoms with Gasteiger partial charge in [-0.3, -0.25) is 4.79 Å². The minimum atomic E-state index is 0.0884.